The first-order valence-corrected chi connectivity index (χ1v) is 6.95. The highest BCUT2D eigenvalue weighted by atomic mass is 32.1. The second-order valence-corrected chi connectivity index (χ2v) is 4.79. The summed E-state index contributed by atoms with van der Waals surface area (Å²) in [4.78, 5) is 0. The molecule has 0 atom stereocenters. The minimum atomic E-state index is 0.753. The number of hydrogen-bond donors (Lipinski definition) is 1. The highest BCUT2D eigenvalue weighted by molar-refractivity contribution is 7.18. The summed E-state index contributed by atoms with van der Waals surface area (Å²) in [6.07, 6.45) is 1.02. The molecular weight excluding hydrogens is 246 g/mol. The number of benzene rings is 1. The summed E-state index contributed by atoms with van der Waals surface area (Å²) in [7, 11) is 0. The Morgan fingerprint density at radius 2 is 1.94 bits per heavy atom. The van der Waals surface area contributed by atoms with Crippen LogP contribution in [0.3, 0.4) is 0 Å². The number of rotatable bonds is 6. The van der Waals surface area contributed by atoms with Crippen LogP contribution in [0.25, 0.3) is 10.6 Å². The molecule has 2 rings (SSSR count). The quantitative estimate of drug-likeness (QED) is 0.867. The molecule has 0 aliphatic heterocycles. The third-order valence-corrected chi connectivity index (χ3v) is 3.26. The Hall–Kier alpha value is -1.62. The predicted octanol–water partition coefficient (Wildman–Crippen LogP) is 3.43. The monoisotopic (exact) mass is 263 g/mol. The summed E-state index contributed by atoms with van der Waals surface area (Å²) in [6.45, 7) is 5.75. The Bertz CT molecular complexity index is 481. The molecule has 18 heavy (non-hydrogen) atoms. The molecule has 1 heterocycles. The van der Waals surface area contributed by atoms with Crippen LogP contribution in [0.4, 0.5) is 5.13 Å². The molecule has 1 aromatic heterocycles. The molecule has 0 aliphatic carbocycles. The molecule has 5 heteroatoms. The number of anilines is 1. The highest BCUT2D eigenvalue weighted by Gasteiger charge is 2.05. The molecule has 0 amide bonds. The first kappa shape index (κ1) is 12.8. The summed E-state index contributed by atoms with van der Waals surface area (Å²) < 4.78 is 5.54. The van der Waals surface area contributed by atoms with Crippen molar-refractivity contribution in [2.24, 2.45) is 0 Å². The molecular formula is C13H17N3OS. The van der Waals surface area contributed by atoms with Crippen molar-refractivity contribution in [3.63, 3.8) is 0 Å². The van der Waals surface area contributed by atoms with Crippen LogP contribution in [-0.2, 0) is 0 Å². The van der Waals surface area contributed by atoms with Gasteiger partial charge in [0.05, 0.1) is 6.61 Å². The van der Waals surface area contributed by atoms with Crippen LogP contribution in [-0.4, -0.2) is 23.3 Å². The number of aromatic nitrogens is 2. The van der Waals surface area contributed by atoms with E-state index in [1.165, 1.54) is 0 Å². The van der Waals surface area contributed by atoms with Gasteiger partial charge in [-0.25, -0.2) is 0 Å². The van der Waals surface area contributed by atoms with Gasteiger partial charge >= 0.3 is 0 Å². The van der Waals surface area contributed by atoms with E-state index in [1.807, 2.05) is 31.2 Å². The molecule has 0 spiro atoms. The van der Waals surface area contributed by atoms with E-state index in [0.717, 1.165) is 41.0 Å². The molecule has 0 aliphatic rings. The maximum Gasteiger partial charge on any atom is 0.205 e. The standard InChI is InChI=1S/C13H17N3OS/c1-3-9-17-11-7-5-10(6-8-11)12-15-16-13(18-12)14-4-2/h5-8H,3-4,9H2,1-2H3,(H,14,16). The Balaban J connectivity index is 2.07. The van der Waals surface area contributed by atoms with Crippen LogP contribution in [0.1, 0.15) is 20.3 Å². The van der Waals surface area contributed by atoms with E-state index in [4.69, 9.17) is 4.74 Å². The fourth-order valence-electron chi connectivity index (χ4n) is 1.48. The molecule has 0 bridgehead atoms. The van der Waals surface area contributed by atoms with Crippen molar-refractivity contribution in [1.29, 1.82) is 0 Å². The van der Waals surface area contributed by atoms with Crippen LogP contribution in [0.5, 0.6) is 5.75 Å². The number of hydrogen-bond acceptors (Lipinski definition) is 5. The highest BCUT2D eigenvalue weighted by Crippen LogP contribution is 2.27. The van der Waals surface area contributed by atoms with Gasteiger partial charge in [-0.15, -0.1) is 10.2 Å². The van der Waals surface area contributed by atoms with E-state index < -0.39 is 0 Å². The van der Waals surface area contributed by atoms with Crippen molar-refractivity contribution in [2.45, 2.75) is 20.3 Å². The van der Waals surface area contributed by atoms with E-state index in [1.54, 1.807) is 11.3 Å². The lowest BCUT2D eigenvalue weighted by molar-refractivity contribution is 0.317. The topological polar surface area (TPSA) is 47.0 Å². The van der Waals surface area contributed by atoms with Gasteiger partial charge in [0.25, 0.3) is 0 Å². The summed E-state index contributed by atoms with van der Waals surface area (Å²) >= 11 is 1.56. The maximum absolute atomic E-state index is 5.54. The molecule has 4 nitrogen and oxygen atoms in total. The molecule has 0 unspecified atom stereocenters. The summed E-state index contributed by atoms with van der Waals surface area (Å²) in [6, 6.07) is 7.97. The van der Waals surface area contributed by atoms with Gasteiger partial charge < -0.3 is 10.1 Å². The third kappa shape index (κ3) is 3.20. The summed E-state index contributed by atoms with van der Waals surface area (Å²) in [5.41, 5.74) is 1.07. The lowest BCUT2D eigenvalue weighted by Gasteiger charge is -2.04. The average Bonchev–Trinajstić information content (AvgIpc) is 2.86. The second-order valence-electron chi connectivity index (χ2n) is 3.82. The molecule has 96 valence electrons. The fourth-order valence-corrected chi connectivity index (χ4v) is 2.29. The minimum Gasteiger partial charge on any atom is -0.494 e. The Morgan fingerprint density at radius 3 is 2.61 bits per heavy atom. The normalized spacial score (nSPS) is 10.3. The largest absolute Gasteiger partial charge is 0.494 e. The van der Waals surface area contributed by atoms with Crippen molar-refractivity contribution >= 4 is 16.5 Å². The molecule has 0 saturated carbocycles. The molecule has 0 fully saturated rings. The van der Waals surface area contributed by atoms with E-state index >= 15 is 0 Å². The maximum atomic E-state index is 5.54. The molecule has 1 aromatic carbocycles. The van der Waals surface area contributed by atoms with Crippen LogP contribution < -0.4 is 10.1 Å². The van der Waals surface area contributed by atoms with Gasteiger partial charge in [-0.1, -0.05) is 18.3 Å². The van der Waals surface area contributed by atoms with Crippen LogP contribution >= 0.6 is 11.3 Å². The van der Waals surface area contributed by atoms with Crippen LogP contribution in [0.2, 0.25) is 0 Å². The van der Waals surface area contributed by atoms with Gasteiger partial charge in [-0.2, -0.15) is 0 Å². The van der Waals surface area contributed by atoms with Crippen LogP contribution in [0.15, 0.2) is 24.3 Å². The number of nitrogens with one attached hydrogen (secondary N) is 1. The van der Waals surface area contributed by atoms with Gasteiger partial charge in [-0.05, 0) is 37.6 Å². The van der Waals surface area contributed by atoms with Gasteiger partial charge in [0.15, 0.2) is 0 Å². The van der Waals surface area contributed by atoms with E-state index in [0.29, 0.717) is 0 Å². The molecule has 1 N–H and O–H groups in total. The summed E-state index contributed by atoms with van der Waals surface area (Å²) in [5.74, 6) is 0.900. The van der Waals surface area contributed by atoms with Crippen LogP contribution in [0, 0.1) is 0 Å². The summed E-state index contributed by atoms with van der Waals surface area (Å²) in [5, 5.41) is 13.2. The van der Waals surface area contributed by atoms with Gasteiger partial charge in [-0.3, -0.25) is 0 Å². The second kappa shape index (κ2) is 6.35. The van der Waals surface area contributed by atoms with Crippen molar-refractivity contribution in [2.75, 3.05) is 18.5 Å². The Kier molecular flexibility index (Phi) is 4.52. The van der Waals surface area contributed by atoms with E-state index in [2.05, 4.69) is 22.4 Å². The average molecular weight is 263 g/mol. The first-order chi connectivity index (χ1) is 8.83. The fraction of sp³-hybridized carbons (Fsp3) is 0.385. The van der Waals surface area contributed by atoms with Crippen molar-refractivity contribution in [3.8, 4) is 16.3 Å². The van der Waals surface area contributed by atoms with E-state index in [-0.39, 0.29) is 0 Å². The van der Waals surface area contributed by atoms with Gasteiger partial charge in [0, 0.05) is 12.1 Å². The van der Waals surface area contributed by atoms with E-state index in [9.17, 15) is 0 Å². The van der Waals surface area contributed by atoms with Crippen molar-refractivity contribution in [3.05, 3.63) is 24.3 Å². The Morgan fingerprint density at radius 1 is 1.17 bits per heavy atom. The smallest absolute Gasteiger partial charge is 0.205 e. The Labute approximate surface area is 111 Å². The zero-order valence-corrected chi connectivity index (χ0v) is 11.5. The third-order valence-electron chi connectivity index (χ3n) is 2.33. The first-order valence-electron chi connectivity index (χ1n) is 6.14. The predicted molar refractivity (Wildman–Crippen MR) is 75.3 cm³/mol. The van der Waals surface area contributed by atoms with Crippen molar-refractivity contribution in [1.82, 2.24) is 10.2 Å². The van der Waals surface area contributed by atoms with Gasteiger partial charge in [0.1, 0.15) is 10.8 Å². The minimum absolute atomic E-state index is 0.753. The van der Waals surface area contributed by atoms with Crippen molar-refractivity contribution < 1.29 is 4.74 Å². The SMILES string of the molecule is CCCOc1ccc(-c2nnc(NCC)s2)cc1. The lowest BCUT2D eigenvalue weighted by atomic mass is 10.2. The lowest BCUT2D eigenvalue weighted by Crippen LogP contribution is -1.94. The zero-order valence-electron chi connectivity index (χ0n) is 10.6. The number of nitrogens with zero attached hydrogens (tertiary/aromatic N) is 2. The molecule has 2 aromatic rings. The number of ether oxygens (including phenoxy) is 1. The molecule has 0 saturated heterocycles. The molecule has 0 radical (unpaired) electrons. The van der Waals surface area contributed by atoms with Gasteiger partial charge in [0.2, 0.25) is 5.13 Å². The zero-order chi connectivity index (χ0) is 12.8.